The van der Waals surface area contributed by atoms with E-state index in [9.17, 15) is 0 Å². The molecule has 0 atom stereocenters. The van der Waals surface area contributed by atoms with Crippen LogP contribution in [0.3, 0.4) is 0 Å². The molecule has 239 valence electrons. The molecule has 8 rings (SSSR count). The van der Waals surface area contributed by atoms with Crippen LogP contribution in [-0.4, -0.2) is 18.0 Å². The van der Waals surface area contributed by atoms with Crippen LogP contribution in [0.4, 0.5) is 0 Å². The molecular weight excluding hydrogens is 785 g/mol. The average Bonchev–Trinajstić information content (AvgIpc) is 3.70. The summed E-state index contributed by atoms with van der Waals surface area (Å²) in [5.74, 6) is -0.459. The van der Waals surface area contributed by atoms with Gasteiger partial charge in [-0.2, -0.15) is 11.3 Å². The minimum Gasteiger partial charge on any atom is -0.305 e. The summed E-state index contributed by atoms with van der Waals surface area (Å²) in [5, 5.41) is 6.66. The van der Waals surface area contributed by atoms with Gasteiger partial charge in [0, 0.05) is 38.6 Å². The van der Waals surface area contributed by atoms with E-state index in [0.717, 1.165) is 53.8 Å². The van der Waals surface area contributed by atoms with Crippen LogP contribution in [0, 0.1) is 26.0 Å². The Kier molecular flexibility index (Phi) is 9.52. The third kappa shape index (κ3) is 6.78. The van der Waals surface area contributed by atoms with Crippen LogP contribution in [0.1, 0.15) is 49.6 Å². The number of rotatable bonds is 4. The van der Waals surface area contributed by atoms with E-state index < -0.39 is 14.0 Å². The quantitative estimate of drug-likeness (QED) is 0.131. The van der Waals surface area contributed by atoms with Crippen molar-refractivity contribution in [3.05, 3.63) is 126 Å². The number of thiophene rings is 1. The maximum atomic E-state index is 8.91. The molecule has 3 aromatic heterocycles. The van der Waals surface area contributed by atoms with Crippen LogP contribution in [0.2, 0.25) is 19.6 Å². The first-order chi connectivity index (χ1) is 22.6. The maximum Gasteiger partial charge on any atom is 0.0798 e. The van der Waals surface area contributed by atoms with Crippen LogP contribution in [0.5, 0.6) is 0 Å². The van der Waals surface area contributed by atoms with Gasteiger partial charge in [0.1, 0.15) is 0 Å². The Morgan fingerprint density at radius 1 is 0.745 bits per heavy atom. The minimum atomic E-state index is -1.27. The van der Waals surface area contributed by atoms with Crippen LogP contribution >= 0.6 is 11.3 Å². The summed E-state index contributed by atoms with van der Waals surface area (Å²) in [6.45, 7) is 11.4. The Bertz CT molecular complexity index is 2230. The molecule has 0 N–H and O–H groups in total. The summed E-state index contributed by atoms with van der Waals surface area (Å²) in [6, 6.07) is 36.2. The molecule has 0 bridgehead atoms. The summed E-state index contributed by atoms with van der Waals surface area (Å²) in [5.41, 5.74) is 7.83. The fourth-order valence-corrected chi connectivity index (χ4v) is 9.88. The zero-order valence-electron chi connectivity index (χ0n) is 28.7. The first-order valence-electron chi connectivity index (χ1n) is 16.8. The molecule has 0 aliphatic heterocycles. The molecule has 1 aliphatic rings. The smallest absolute Gasteiger partial charge is 0.0798 e. The van der Waals surface area contributed by atoms with Gasteiger partial charge in [-0.3, -0.25) is 0 Å². The molecule has 7 aromatic rings. The largest absolute Gasteiger partial charge is 0.305 e. The fraction of sp³-hybridized carbons (Fsp3) is 0.238. The summed E-state index contributed by atoms with van der Waals surface area (Å²) >= 11 is 1.84. The zero-order valence-corrected chi connectivity index (χ0v) is 31.9. The first kappa shape index (κ1) is 32.1. The molecule has 1 radical (unpaired) electrons. The predicted octanol–water partition coefficient (Wildman–Crippen LogP) is 11.4. The van der Waals surface area contributed by atoms with Crippen LogP contribution < -0.4 is 5.19 Å². The van der Waals surface area contributed by atoms with Crippen molar-refractivity contribution >= 4 is 55.5 Å². The number of pyridine rings is 2. The Hall–Kier alpha value is -3.47. The van der Waals surface area contributed by atoms with E-state index >= 15 is 0 Å². The van der Waals surface area contributed by atoms with E-state index in [4.69, 9.17) is 6.35 Å². The predicted molar refractivity (Wildman–Crippen MR) is 201 cm³/mol. The fourth-order valence-electron chi connectivity index (χ4n) is 6.85. The van der Waals surface area contributed by atoms with E-state index in [1.807, 2.05) is 47.9 Å². The molecule has 1 fully saturated rings. The van der Waals surface area contributed by atoms with Gasteiger partial charge in [-0.15, -0.1) is 59.7 Å². The van der Waals surface area contributed by atoms with Gasteiger partial charge in [0.15, 0.2) is 0 Å². The Balaban J connectivity index is 0.000000191. The number of hydrogen-bond donors (Lipinski definition) is 0. The summed E-state index contributed by atoms with van der Waals surface area (Å²) in [4.78, 5) is 9.28. The standard InChI is InChI=1S/C27H22NS.C15H18NSi.Ir/c1-17-15-24-22-11-6-12-23(25-16-19(13-14-28-25)18-7-2-3-8-18)26(22)29-27(24)21-10-5-4-9-20(17)21;1-12-10-14(13-8-6-5-7-9-13)16-11-15(12)17(2,3)4;/h4-6,9-11,13-16,18H,2-3,7-8H2,1H3;5-8,10-11H,1-4H3;/q2*-1;/i18D;;. The molecule has 0 saturated heterocycles. The first-order valence-corrected chi connectivity index (χ1v) is 20.6. The molecule has 0 amide bonds. The summed E-state index contributed by atoms with van der Waals surface area (Å²) in [7, 11) is -1.27. The third-order valence-corrected chi connectivity index (χ3v) is 12.6. The van der Waals surface area contributed by atoms with Gasteiger partial charge < -0.3 is 9.97 Å². The molecule has 3 heterocycles. The van der Waals surface area contributed by atoms with Gasteiger partial charge in [0.25, 0.3) is 0 Å². The van der Waals surface area contributed by atoms with E-state index in [1.54, 1.807) is 0 Å². The van der Waals surface area contributed by atoms with E-state index in [2.05, 4.69) is 111 Å². The van der Waals surface area contributed by atoms with Gasteiger partial charge in [-0.1, -0.05) is 91.5 Å². The molecule has 1 saturated carbocycles. The number of benzene rings is 4. The Labute approximate surface area is 299 Å². The molecule has 0 unspecified atom stereocenters. The van der Waals surface area contributed by atoms with E-state index in [0.29, 0.717) is 0 Å². The molecule has 4 aromatic carbocycles. The molecule has 2 nitrogen and oxygen atoms in total. The molecule has 0 spiro atoms. The number of aromatic nitrogens is 2. The van der Waals surface area contributed by atoms with Gasteiger partial charge in [0.2, 0.25) is 0 Å². The van der Waals surface area contributed by atoms with Crippen LogP contribution in [0.15, 0.2) is 97.3 Å². The second-order valence-corrected chi connectivity index (χ2v) is 19.5. The monoisotopic (exact) mass is 826 g/mol. The Morgan fingerprint density at radius 2 is 1.49 bits per heavy atom. The normalized spacial score (nSPS) is 14.4. The number of hydrogen-bond acceptors (Lipinski definition) is 3. The number of aryl methyl sites for hydroxylation is 2. The van der Waals surface area contributed by atoms with Crippen molar-refractivity contribution in [2.75, 3.05) is 0 Å². The van der Waals surface area contributed by atoms with Crippen molar-refractivity contribution in [2.45, 2.75) is 65.1 Å². The minimum absolute atomic E-state index is 0. The molecule has 5 heteroatoms. The van der Waals surface area contributed by atoms with Crippen LogP contribution in [-0.2, 0) is 20.1 Å². The van der Waals surface area contributed by atoms with Crippen molar-refractivity contribution < 1.29 is 21.5 Å². The average molecular weight is 826 g/mol. The van der Waals surface area contributed by atoms with Gasteiger partial charge in [-0.05, 0) is 81.6 Å². The van der Waals surface area contributed by atoms with Crippen LogP contribution in [0.25, 0.3) is 53.5 Å². The van der Waals surface area contributed by atoms with Gasteiger partial charge in [0.05, 0.1) is 8.07 Å². The van der Waals surface area contributed by atoms with Crippen molar-refractivity contribution in [1.82, 2.24) is 9.97 Å². The molecular formula is C42H40IrN2SSi-2. The van der Waals surface area contributed by atoms with Crippen molar-refractivity contribution in [3.63, 3.8) is 0 Å². The van der Waals surface area contributed by atoms with Gasteiger partial charge >= 0.3 is 0 Å². The van der Waals surface area contributed by atoms with Gasteiger partial charge in [-0.25, -0.2) is 0 Å². The third-order valence-electron chi connectivity index (χ3n) is 9.18. The maximum absolute atomic E-state index is 8.91. The number of fused-ring (bicyclic) bond motifs is 5. The summed E-state index contributed by atoms with van der Waals surface area (Å²) < 4.78 is 11.5. The van der Waals surface area contributed by atoms with E-state index in [-0.39, 0.29) is 20.1 Å². The second-order valence-electron chi connectivity index (χ2n) is 13.5. The zero-order chi connectivity index (χ0) is 32.8. The van der Waals surface area contributed by atoms with Crippen molar-refractivity contribution in [3.8, 4) is 22.5 Å². The SMILES string of the molecule is Cc1cc(-c2[c-]cccc2)ncc1[Si](C)(C)C.[2H]C1(c2ccnc(-c3[c-]ccc4c3sc3c5ccccc5c(C)cc43)c2)CCCC1.[Ir]. The molecule has 47 heavy (non-hydrogen) atoms. The van der Waals surface area contributed by atoms with E-state index in [1.165, 1.54) is 47.3 Å². The number of nitrogens with zero attached hydrogens (tertiary/aromatic N) is 2. The Morgan fingerprint density at radius 3 is 2.21 bits per heavy atom. The van der Waals surface area contributed by atoms with Crippen molar-refractivity contribution in [2.24, 2.45) is 0 Å². The van der Waals surface area contributed by atoms with Crippen molar-refractivity contribution in [1.29, 1.82) is 0 Å². The molecule has 1 aliphatic carbocycles. The summed E-state index contributed by atoms with van der Waals surface area (Å²) in [6.07, 6.45) is 8.10. The topological polar surface area (TPSA) is 25.8 Å². The second kappa shape index (κ2) is 13.9.